The molecule has 0 saturated heterocycles. The predicted octanol–water partition coefficient (Wildman–Crippen LogP) is 5.19. The van der Waals surface area contributed by atoms with Crippen molar-refractivity contribution in [1.29, 1.82) is 0 Å². The molecule has 0 saturated carbocycles. The molecule has 4 rings (SSSR count). The fraction of sp³-hybridized carbons (Fsp3) is 0.120. The Bertz CT molecular complexity index is 1360. The largest absolute Gasteiger partial charge is 0.480 e. The first-order valence-electron chi connectivity index (χ1n) is 10.3. The Morgan fingerprint density at radius 2 is 1.82 bits per heavy atom. The summed E-state index contributed by atoms with van der Waals surface area (Å²) in [5.74, 6) is -1.39. The van der Waals surface area contributed by atoms with Crippen molar-refractivity contribution in [3.8, 4) is 11.6 Å². The van der Waals surface area contributed by atoms with Gasteiger partial charge < -0.3 is 20.3 Å². The number of rotatable bonds is 8. The monoisotopic (exact) mass is 477 g/mol. The normalized spacial score (nSPS) is 11.7. The van der Waals surface area contributed by atoms with Crippen molar-refractivity contribution in [2.75, 3.05) is 5.32 Å². The van der Waals surface area contributed by atoms with Crippen molar-refractivity contribution in [3.05, 3.63) is 88.6 Å². The van der Waals surface area contributed by atoms with E-state index in [2.05, 4.69) is 15.3 Å². The highest BCUT2D eigenvalue weighted by atomic mass is 35.5. The van der Waals surface area contributed by atoms with Gasteiger partial charge in [-0.3, -0.25) is 0 Å². The number of aromatic carboxylic acids is 1. The molecule has 0 unspecified atom stereocenters. The molecule has 0 radical (unpaired) electrons. The minimum Gasteiger partial charge on any atom is -0.480 e. The van der Waals surface area contributed by atoms with Gasteiger partial charge in [-0.2, -0.15) is 0 Å². The molecule has 2 aromatic carbocycles. The van der Waals surface area contributed by atoms with E-state index in [0.29, 0.717) is 33.1 Å². The molecule has 2 aromatic heterocycles. The van der Waals surface area contributed by atoms with Gasteiger partial charge in [-0.1, -0.05) is 29.8 Å². The number of halogens is 1. The van der Waals surface area contributed by atoms with Crippen LogP contribution in [0.1, 0.15) is 21.5 Å². The van der Waals surface area contributed by atoms with Gasteiger partial charge in [0.15, 0.2) is 0 Å². The summed E-state index contributed by atoms with van der Waals surface area (Å²) in [5.41, 5.74) is 2.09. The number of nitrogens with one attached hydrogen (secondary N) is 1. The Hall–Kier alpha value is -4.17. The maximum atomic E-state index is 11.9. The zero-order chi connectivity index (χ0) is 24.2. The van der Waals surface area contributed by atoms with Crippen molar-refractivity contribution in [1.82, 2.24) is 9.97 Å². The van der Waals surface area contributed by atoms with Crippen LogP contribution in [0, 0.1) is 6.92 Å². The number of aromatic nitrogens is 2. The number of carbonyl (C=O) groups is 2. The molecule has 3 N–H and O–H groups in total. The number of carboxylic acid groups (broad SMARTS) is 2. The molecule has 1 atom stereocenters. The van der Waals surface area contributed by atoms with Crippen molar-refractivity contribution >= 4 is 40.3 Å². The Balaban J connectivity index is 1.54. The van der Waals surface area contributed by atoms with Crippen LogP contribution < -0.4 is 10.1 Å². The van der Waals surface area contributed by atoms with Crippen LogP contribution >= 0.6 is 11.6 Å². The maximum absolute atomic E-state index is 11.9. The molecule has 0 amide bonds. The van der Waals surface area contributed by atoms with Crippen LogP contribution in [-0.2, 0) is 11.2 Å². The van der Waals surface area contributed by atoms with Gasteiger partial charge in [0.05, 0.1) is 5.52 Å². The summed E-state index contributed by atoms with van der Waals surface area (Å²) in [6.07, 6.45) is 1.80. The summed E-state index contributed by atoms with van der Waals surface area (Å²) < 4.78 is 5.70. The fourth-order valence-corrected chi connectivity index (χ4v) is 3.53. The average molecular weight is 478 g/mol. The molecule has 8 nitrogen and oxygen atoms in total. The van der Waals surface area contributed by atoms with Gasteiger partial charge in [-0.25, -0.2) is 19.6 Å². The van der Waals surface area contributed by atoms with Gasteiger partial charge in [0.25, 0.3) is 0 Å². The minimum atomic E-state index is -1.23. The number of aryl methyl sites for hydroxylation is 1. The number of benzene rings is 2. The smallest absolute Gasteiger partial charge is 0.339 e. The number of ether oxygens (including phenoxy) is 1. The zero-order valence-corrected chi connectivity index (χ0v) is 18.8. The summed E-state index contributed by atoms with van der Waals surface area (Å²) >= 11 is 5.99. The van der Waals surface area contributed by atoms with Crippen molar-refractivity contribution in [3.63, 3.8) is 0 Å². The van der Waals surface area contributed by atoms with Crippen molar-refractivity contribution < 1.29 is 24.5 Å². The van der Waals surface area contributed by atoms with Crippen LogP contribution in [0.2, 0.25) is 5.02 Å². The zero-order valence-electron chi connectivity index (χ0n) is 18.0. The van der Waals surface area contributed by atoms with Gasteiger partial charge >= 0.3 is 11.9 Å². The standard InChI is InChI=1S/C25H20ClN3O5/c1-14-2-9-22(27-13-14)34-18-6-3-15(4-7-18)10-21(25(32)33)29-23-19(24(30)31)12-16-11-17(26)5-8-20(16)28-23/h2-9,11-13,21H,10H2,1H3,(H,28,29)(H,30,31)(H,32,33)/t21-/m0/s1. The Kier molecular flexibility index (Phi) is 6.60. The second-order valence-electron chi connectivity index (χ2n) is 7.69. The highest BCUT2D eigenvalue weighted by Gasteiger charge is 2.22. The van der Waals surface area contributed by atoms with Crippen LogP contribution in [0.3, 0.4) is 0 Å². The Morgan fingerprint density at radius 3 is 2.47 bits per heavy atom. The molecular formula is C25H20ClN3O5. The van der Waals surface area contributed by atoms with E-state index in [1.165, 1.54) is 6.07 Å². The minimum absolute atomic E-state index is 0.0277. The van der Waals surface area contributed by atoms with Gasteiger partial charge in [0.1, 0.15) is 23.2 Å². The Labute approximate surface area is 199 Å². The summed E-state index contributed by atoms with van der Waals surface area (Å²) in [7, 11) is 0. The highest BCUT2D eigenvalue weighted by molar-refractivity contribution is 6.31. The summed E-state index contributed by atoms with van der Waals surface area (Å²) in [4.78, 5) is 32.3. The molecule has 0 fully saturated rings. The van der Waals surface area contributed by atoms with Crippen LogP contribution in [0.4, 0.5) is 5.82 Å². The lowest BCUT2D eigenvalue weighted by Gasteiger charge is -2.17. The molecule has 172 valence electrons. The number of fused-ring (bicyclic) bond motifs is 1. The molecular weight excluding hydrogens is 458 g/mol. The molecule has 9 heteroatoms. The van der Waals surface area contributed by atoms with Crippen molar-refractivity contribution in [2.24, 2.45) is 0 Å². The number of nitrogens with zero attached hydrogens (tertiary/aromatic N) is 2. The molecule has 2 heterocycles. The summed E-state index contributed by atoms with van der Waals surface area (Å²) in [5, 5.41) is 23.1. The van der Waals surface area contributed by atoms with E-state index >= 15 is 0 Å². The molecule has 0 aliphatic heterocycles. The summed E-state index contributed by atoms with van der Waals surface area (Å²) in [6.45, 7) is 1.93. The molecule has 0 aliphatic rings. The third-order valence-corrected chi connectivity index (χ3v) is 5.32. The topological polar surface area (TPSA) is 122 Å². The van der Waals surface area contributed by atoms with E-state index in [1.807, 2.05) is 13.0 Å². The van der Waals surface area contributed by atoms with Gasteiger partial charge in [0, 0.05) is 29.1 Å². The first-order valence-corrected chi connectivity index (χ1v) is 10.7. The van der Waals surface area contributed by atoms with Gasteiger partial charge in [-0.15, -0.1) is 0 Å². The molecule has 4 aromatic rings. The second-order valence-corrected chi connectivity index (χ2v) is 8.12. The van der Waals surface area contributed by atoms with Crippen LogP contribution in [0.25, 0.3) is 10.9 Å². The van der Waals surface area contributed by atoms with E-state index < -0.39 is 18.0 Å². The first-order chi connectivity index (χ1) is 16.3. The Morgan fingerprint density at radius 1 is 1.06 bits per heavy atom. The van der Waals surface area contributed by atoms with Gasteiger partial charge in [-0.05, 0) is 54.4 Å². The lowest BCUT2D eigenvalue weighted by atomic mass is 10.0. The number of anilines is 1. The number of aliphatic carboxylic acids is 1. The number of pyridine rings is 2. The second kappa shape index (κ2) is 9.76. The maximum Gasteiger partial charge on any atom is 0.339 e. The van der Waals surface area contributed by atoms with Crippen LogP contribution in [0.15, 0.2) is 66.9 Å². The third-order valence-electron chi connectivity index (χ3n) is 5.09. The third kappa shape index (κ3) is 5.41. The van der Waals surface area contributed by atoms with Crippen LogP contribution in [0.5, 0.6) is 11.6 Å². The van der Waals surface area contributed by atoms with E-state index in [1.54, 1.807) is 54.7 Å². The highest BCUT2D eigenvalue weighted by Crippen LogP contribution is 2.25. The molecule has 0 spiro atoms. The van der Waals surface area contributed by atoms with Gasteiger partial charge in [0.2, 0.25) is 5.88 Å². The lowest BCUT2D eigenvalue weighted by molar-refractivity contribution is -0.137. The van der Waals surface area contributed by atoms with E-state index in [9.17, 15) is 19.8 Å². The number of hydrogen-bond acceptors (Lipinski definition) is 6. The quantitative estimate of drug-likeness (QED) is 0.317. The van der Waals surface area contributed by atoms with Crippen LogP contribution in [-0.4, -0.2) is 38.2 Å². The van der Waals surface area contributed by atoms with Crippen molar-refractivity contribution in [2.45, 2.75) is 19.4 Å². The molecule has 0 bridgehead atoms. The number of hydrogen-bond donors (Lipinski definition) is 3. The lowest BCUT2D eigenvalue weighted by Crippen LogP contribution is -2.32. The van der Waals surface area contributed by atoms with E-state index in [0.717, 1.165) is 5.56 Å². The first kappa shape index (κ1) is 23.0. The summed E-state index contributed by atoms with van der Waals surface area (Å²) in [6, 6.07) is 15.8. The molecule has 0 aliphatic carbocycles. The average Bonchev–Trinajstić information content (AvgIpc) is 2.80. The molecule has 34 heavy (non-hydrogen) atoms. The fourth-order valence-electron chi connectivity index (χ4n) is 3.35. The number of carboxylic acids is 2. The van der Waals surface area contributed by atoms with E-state index in [-0.39, 0.29) is 17.8 Å². The predicted molar refractivity (Wildman–Crippen MR) is 128 cm³/mol. The van der Waals surface area contributed by atoms with E-state index in [4.69, 9.17) is 16.3 Å². The SMILES string of the molecule is Cc1ccc(Oc2ccc(C[C@H](Nc3nc4ccc(Cl)cc4cc3C(=O)O)C(=O)O)cc2)nc1.